The molecule has 0 bridgehead atoms. The van der Waals surface area contributed by atoms with Crippen molar-refractivity contribution in [1.82, 2.24) is 5.32 Å². The fraction of sp³-hybridized carbons (Fsp3) is 0.200. The third-order valence-corrected chi connectivity index (χ3v) is 3.73. The van der Waals surface area contributed by atoms with Gasteiger partial charge >= 0.3 is 0 Å². The Morgan fingerprint density at radius 3 is 2.42 bits per heavy atom. The van der Waals surface area contributed by atoms with E-state index >= 15 is 0 Å². The van der Waals surface area contributed by atoms with E-state index in [0.29, 0.717) is 10.0 Å². The largest absolute Gasteiger partial charge is 0.306 e. The van der Waals surface area contributed by atoms with Gasteiger partial charge in [0.05, 0.1) is 0 Å². The van der Waals surface area contributed by atoms with Crippen LogP contribution >= 0.6 is 34.8 Å². The zero-order valence-electron chi connectivity index (χ0n) is 10.5. The van der Waals surface area contributed by atoms with Gasteiger partial charge in [-0.3, -0.25) is 0 Å². The summed E-state index contributed by atoms with van der Waals surface area (Å²) in [5, 5.41) is 5.49. The van der Waals surface area contributed by atoms with Gasteiger partial charge in [-0.05, 0) is 42.3 Å². The van der Waals surface area contributed by atoms with E-state index in [1.165, 1.54) is 0 Å². The molecule has 0 aromatic heterocycles. The smallest absolute Gasteiger partial charge is 0.0468 e. The summed E-state index contributed by atoms with van der Waals surface area (Å²) in [5.74, 6) is 0. The number of hydrogen-bond donors (Lipinski definition) is 1. The van der Waals surface area contributed by atoms with Crippen LogP contribution in [0.5, 0.6) is 0 Å². The van der Waals surface area contributed by atoms with Crippen molar-refractivity contribution in [2.75, 3.05) is 0 Å². The molecule has 2 aromatic carbocycles. The summed E-state index contributed by atoms with van der Waals surface area (Å²) in [4.78, 5) is 0. The number of rotatable bonds is 4. The van der Waals surface area contributed by atoms with E-state index in [9.17, 15) is 0 Å². The van der Waals surface area contributed by atoms with Crippen LogP contribution in [0.25, 0.3) is 0 Å². The summed E-state index contributed by atoms with van der Waals surface area (Å²) in [6.45, 7) is 2.81. The highest BCUT2D eigenvalue weighted by Gasteiger charge is 2.09. The molecule has 1 atom stereocenters. The molecule has 0 spiro atoms. The first kappa shape index (κ1) is 14.7. The normalized spacial score (nSPS) is 12.4. The van der Waals surface area contributed by atoms with Crippen molar-refractivity contribution in [2.24, 2.45) is 0 Å². The van der Waals surface area contributed by atoms with Gasteiger partial charge in [-0.2, -0.15) is 0 Å². The van der Waals surface area contributed by atoms with Gasteiger partial charge in [-0.1, -0.05) is 53.0 Å². The lowest BCUT2D eigenvalue weighted by Crippen LogP contribution is -2.18. The maximum absolute atomic E-state index is 6.19. The van der Waals surface area contributed by atoms with Crippen LogP contribution in [0.15, 0.2) is 42.5 Å². The predicted octanol–water partition coefficient (Wildman–Crippen LogP) is 5.50. The summed E-state index contributed by atoms with van der Waals surface area (Å²) in [5.41, 5.74) is 2.18. The summed E-state index contributed by atoms with van der Waals surface area (Å²) >= 11 is 18.0. The van der Waals surface area contributed by atoms with Crippen molar-refractivity contribution in [3.8, 4) is 0 Å². The van der Waals surface area contributed by atoms with E-state index < -0.39 is 0 Å². The van der Waals surface area contributed by atoms with Gasteiger partial charge < -0.3 is 5.32 Å². The van der Waals surface area contributed by atoms with Crippen molar-refractivity contribution in [2.45, 2.75) is 19.5 Å². The molecule has 1 N–H and O–H groups in total. The Morgan fingerprint density at radius 1 is 1.00 bits per heavy atom. The van der Waals surface area contributed by atoms with E-state index in [-0.39, 0.29) is 6.04 Å². The summed E-state index contributed by atoms with van der Waals surface area (Å²) in [6.07, 6.45) is 0. The van der Waals surface area contributed by atoms with Crippen molar-refractivity contribution in [3.05, 3.63) is 68.7 Å². The maximum Gasteiger partial charge on any atom is 0.0468 e. The van der Waals surface area contributed by atoms with Gasteiger partial charge in [-0.15, -0.1) is 0 Å². The van der Waals surface area contributed by atoms with Gasteiger partial charge in [0.25, 0.3) is 0 Å². The van der Waals surface area contributed by atoms with Crippen molar-refractivity contribution < 1.29 is 0 Å². The molecule has 1 unspecified atom stereocenters. The lowest BCUT2D eigenvalue weighted by Gasteiger charge is -2.16. The number of halogens is 3. The molecule has 0 fully saturated rings. The average molecular weight is 315 g/mol. The quantitative estimate of drug-likeness (QED) is 0.786. The second kappa shape index (κ2) is 6.62. The standard InChI is InChI=1S/C15H14Cl3N/c1-10(14-6-5-13(17)8-15(14)18)19-9-11-3-2-4-12(16)7-11/h2-8,10,19H,9H2,1H3. The highest BCUT2D eigenvalue weighted by molar-refractivity contribution is 6.35. The van der Waals surface area contributed by atoms with Gasteiger partial charge in [0.2, 0.25) is 0 Å². The molecule has 0 aliphatic heterocycles. The third kappa shape index (κ3) is 4.12. The van der Waals surface area contributed by atoms with E-state index in [0.717, 1.165) is 22.7 Å². The fourth-order valence-corrected chi connectivity index (χ4v) is 2.67. The predicted molar refractivity (Wildman–Crippen MR) is 83.2 cm³/mol. The number of hydrogen-bond acceptors (Lipinski definition) is 1. The minimum atomic E-state index is 0.142. The Kier molecular flexibility index (Phi) is 5.12. The van der Waals surface area contributed by atoms with Crippen molar-refractivity contribution in [3.63, 3.8) is 0 Å². The van der Waals surface area contributed by atoms with E-state index in [1.807, 2.05) is 36.4 Å². The molecule has 0 aliphatic rings. The second-order valence-corrected chi connectivity index (χ2v) is 5.68. The molecule has 2 aromatic rings. The monoisotopic (exact) mass is 313 g/mol. The van der Waals surface area contributed by atoms with Crippen LogP contribution in [-0.4, -0.2) is 0 Å². The molecule has 0 saturated carbocycles. The zero-order valence-corrected chi connectivity index (χ0v) is 12.7. The zero-order chi connectivity index (χ0) is 13.8. The van der Waals surface area contributed by atoms with E-state index in [4.69, 9.17) is 34.8 Å². The van der Waals surface area contributed by atoms with E-state index in [1.54, 1.807) is 6.07 Å². The third-order valence-electron chi connectivity index (χ3n) is 2.93. The Balaban J connectivity index is 2.03. The molecule has 19 heavy (non-hydrogen) atoms. The first-order valence-corrected chi connectivity index (χ1v) is 7.12. The van der Waals surface area contributed by atoms with Gasteiger partial charge in [0.15, 0.2) is 0 Å². The molecule has 0 heterocycles. The minimum Gasteiger partial charge on any atom is -0.306 e. The van der Waals surface area contributed by atoms with Crippen molar-refractivity contribution in [1.29, 1.82) is 0 Å². The first-order valence-electron chi connectivity index (χ1n) is 5.99. The summed E-state index contributed by atoms with van der Waals surface area (Å²) < 4.78 is 0. The van der Waals surface area contributed by atoms with Gasteiger partial charge in [0.1, 0.15) is 0 Å². The number of benzene rings is 2. The topological polar surface area (TPSA) is 12.0 Å². The Labute approximate surface area is 128 Å². The Hall–Kier alpha value is -0.730. The Bertz CT molecular complexity index is 569. The van der Waals surface area contributed by atoms with Crippen LogP contribution in [0.2, 0.25) is 15.1 Å². The lowest BCUT2D eigenvalue weighted by molar-refractivity contribution is 0.575. The Morgan fingerprint density at radius 2 is 1.74 bits per heavy atom. The van der Waals surface area contributed by atoms with Crippen molar-refractivity contribution >= 4 is 34.8 Å². The van der Waals surface area contributed by atoms with Crippen LogP contribution in [0, 0.1) is 0 Å². The molecule has 0 aliphatic carbocycles. The van der Waals surface area contributed by atoms with Crippen LogP contribution in [-0.2, 0) is 6.54 Å². The van der Waals surface area contributed by atoms with E-state index in [2.05, 4.69) is 12.2 Å². The molecule has 0 amide bonds. The molecule has 100 valence electrons. The molecule has 4 heteroatoms. The maximum atomic E-state index is 6.19. The molecule has 0 saturated heterocycles. The van der Waals surface area contributed by atoms with Gasteiger partial charge in [0, 0.05) is 27.7 Å². The van der Waals surface area contributed by atoms with Crippen LogP contribution < -0.4 is 5.32 Å². The highest BCUT2D eigenvalue weighted by atomic mass is 35.5. The van der Waals surface area contributed by atoms with Crippen LogP contribution in [0.3, 0.4) is 0 Å². The lowest BCUT2D eigenvalue weighted by atomic mass is 10.1. The fourth-order valence-electron chi connectivity index (χ4n) is 1.88. The molecule has 0 radical (unpaired) electrons. The van der Waals surface area contributed by atoms with Gasteiger partial charge in [-0.25, -0.2) is 0 Å². The first-order chi connectivity index (χ1) is 9.06. The molecule has 2 rings (SSSR count). The molecule has 1 nitrogen and oxygen atoms in total. The molecular formula is C15H14Cl3N. The summed E-state index contributed by atoms with van der Waals surface area (Å²) in [6, 6.07) is 13.5. The summed E-state index contributed by atoms with van der Waals surface area (Å²) in [7, 11) is 0. The average Bonchev–Trinajstić information content (AvgIpc) is 2.36. The highest BCUT2D eigenvalue weighted by Crippen LogP contribution is 2.26. The van der Waals surface area contributed by atoms with Crippen LogP contribution in [0.4, 0.5) is 0 Å². The second-order valence-electron chi connectivity index (χ2n) is 4.40. The SMILES string of the molecule is CC(NCc1cccc(Cl)c1)c1ccc(Cl)cc1Cl. The minimum absolute atomic E-state index is 0.142. The van der Waals surface area contributed by atoms with Crippen LogP contribution in [0.1, 0.15) is 24.1 Å². The number of nitrogens with one attached hydrogen (secondary N) is 1. The molecular weight excluding hydrogens is 301 g/mol.